The van der Waals surface area contributed by atoms with Gasteiger partial charge in [0.05, 0.1) is 11.7 Å². The highest BCUT2D eigenvalue weighted by Gasteiger charge is 2.50. The summed E-state index contributed by atoms with van der Waals surface area (Å²) < 4.78 is 16.0. The molecule has 0 aromatic carbocycles. The highest BCUT2D eigenvalue weighted by atomic mass is 16.7. The van der Waals surface area contributed by atoms with E-state index < -0.39 is 42.3 Å². The van der Waals surface area contributed by atoms with Crippen molar-refractivity contribution in [3.05, 3.63) is 0 Å². The Morgan fingerprint density at radius 1 is 1.20 bits per heavy atom. The predicted octanol–water partition coefficient (Wildman–Crippen LogP) is 0.126. The first kappa shape index (κ1) is 17.3. The normalized spacial score (nSPS) is 35.3. The minimum absolute atomic E-state index is 0.281. The molecule has 1 fully saturated rings. The zero-order valence-electron chi connectivity index (χ0n) is 12.4. The third-order valence-corrected chi connectivity index (χ3v) is 2.68. The van der Waals surface area contributed by atoms with Crippen molar-refractivity contribution in [1.29, 1.82) is 0 Å². The first-order valence-corrected chi connectivity index (χ1v) is 6.60. The number of carboxylic acids is 1. The number of aliphatic hydroxyl groups is 2. The molecule has 0 amide bonds. The van der Waals surface area contributed by atoms with Gasteiger partial charge in [0.2, 0.25) is 0 Å². The smallest absolute Gasteiger partial charge is 0.335 e. The topological polar surface area (TPSA) is 105 Å². The van der Waals surface area contributed by atoms with Crippen LogP contribution in [0.25, 0.3) is 0 Å². The van der Waals surface area contributed by atoms with E-state index >= 15 is 0 Å². The standard InChI is InChI=1S/C13H24O7/c1-6(2)18-12-8(15)7(14)9(20-13(3,4)5)10(19-12)11(16)17/h6-10,12,14-15H,1-5H3,(H,16,17). The molecule has 1 rings (SSSR count). The maximum Gasteiger partial charge on any atom is 0.335 e. The van der Waals surface area contributed by atoms with Crippen LogP contribution in [0.2, 0.25) is 0 Å². The largest absolute Gasteiger partial charge is 0.479 e. The Labute approximate surface area is 118 Å². The molecular formula is C13H24O7. The van der Waals surface area contributed by atoms with E-state index in [0.29, 0.717) is 0 Å². The Kier molecular flexibility index (Phi) is 5.51. The summed E-state index contributed by atoms with van der Waals surface area (Å²) >= 11 is 0. The van der Waals surface area contributed by atoms with E-state index in [1.54, 1.807) is 34.6 Å². The lowest BCUT2D eigenvalue weighted by Crippen LogP contribution is -2.62. The summed E-state index contributed by atoms with van der Waals surface area (Å²) in [6.45, 7) is 8.61. The molecule has 0 aromatic rings. The number of hydrogen-bond acceptors (Lipinski definition) is 6. The molecule has 1 aliphatic heterocycles. The first-order chi connectivity index (χ1) is 9.03. The molecule has 1 heterocycles. The zero-order valence-corrected chi connectivity index (χ0v) is 12.4. The SMILES string of the molecule is CC(C)OC1OC(C(=O)O)C(OC(C)(C)C)C(O)C1O. The highest BCUT2D eigenvalue weighted by molar-refractivity contribution is 5.73. The van der Waals surface area contributed by atoms with Gasteiger partial charge >= 0.3 is 5.97 Å². The molecule has 7 nitrogen and oxygen atoms in total. The molecule has 20 heavy (non-hydrogen) atoms. The van der Waals surface area contributed by atoms with E-state index in [4.69, 9.17) is 14.2 Å². The van der Waals surface area contributed by atoms with Gasteiger partial charge in [-0.05, 0) is 34.6 Å². The Morgan fingerprint density at radius 2 is 1.75 bits per heavy atom. The number of aliphatic carboxylic acids is 1. The van der Waals surface area contributed by atoms with Crippen molar-refractivity contribution in [2.45, 2.75) is 77.0 Å². The molecule has 0 radical (unpaired) electrons. The lowest BCUT2D eigenvalue weighted by Gasteiger charge is -2.43. The van der Waals surface area contributed by atoms with Crippen LogP contribution in [0, 0.1) is 0 Å². The average molecular weight is 292 g/mol. The summed E-state index contributed by atoms with van der Waals surface area (Å²) in [6, 6.07) is 0. The average Bonchev–Trinajstić information content (AvgIpc) is 2.26. The van der Waals surface area contributed by atoms with Crippen molar-refractivity contribution >= 4 is 5.97 Å². The van der Waals surface area contributed by atoms with Gasteiger partial charge in [-0.3, -0.25) is 0 Å². The lowest BCUT2D eigenvalue weighted by atomic mass is 9.97. The fraction of sp³-hybridized carbons (Fsp3) is 0.923. The number of carbonyl (C=O) groups is 1. The van der Waals surface area contributed by atoms with E-state index in [-0.39, 0.29) is 6.10 Å². The Hall–Kier alpha value is -0.730. The van der Waals surface area contributed by atoms with Crippen LogP contribution in [0.3, 0.4) is 0 Å². The third-order valence-electron chi connectivity index (χ3n) is 2.68. The van der Waals surface area contributed by atoms with E-state index in [1.165, 1.54) is 0 Å². The van der Waals surface area contributed by atoms with E-state index in [2.05, 4.69) is 0 Å². The van der Waals surface area contributed by atoms with Gasteiger partial charge in [-0.2, -0.15) is 0 Å². The minimum Gasteiger partial charge on any atom is -0.479 e. The molecule has 118 valence electrons. The summed E-state index contributed by atoms with van der Waals surface area (Å²) in [6.07, 6.45) is -6.85. The summed E-state index contributed by atoms with van der Waals surface area (Å²) in [4.78, 5) is 11.3. The number of rotatable bonds is 4. The van der Waals surface area contributed by atoms with Crippen molar-refractivity contribution in [2.75, 3.05) is 0 Å². The van der Waals surface area contributed by atoms with Crippen molar-refractivity contribution in [2.24, 2.45) is 0 Å². The molecule has 0 aromatic heterocycles. The van der Waals surface area contributed by atoms with Crippen molar-refractivity contribution < 1.29 is 34.3 Å². The van der Waals surface area contributed by atoms with Gasteiger partial charge < -0.3 is 29.5 Å². The summed E-state index contributed by atoms with van der Waals surface area (Å²) in [5.74, 6) is -1.28. The maximum atomic E-state index is 11.3. The van der Waals surface area contributed by atoms with Crippen molar-refractivity contribution in [1.82, 2.24) is 0 Å². The van der Waals surface area contributed by atoms with Crippen LogP contribution in [-0.4, -0.2) is 63.7 Å². The second kappa shape index (κ2) is 6.36. The predicted molar refractivity (Wildman–Crippen MR) is 69.2 cm³/mol. The highest BCUT2D eigenvalue weighted by Crippen LogP contribution is 2.28. The van der Waals surface area contributed by atoms with Gasteiger partial charge in [0.25, 0.3) is 0 Å². The van der Waals surface area contributed by atoms with Crippen molar-refractivity contribution in [3.8, 4) is 0 Å². The summed E-state index contributed by atoms with van der Waals surface area (Å²) in [5.41, 5.74) is -0.686. The van der Waals surface area contributed by atoms with Crippen LogP contribution < -0.4 is 0 Å². The molecule has 0 aliphatic carbocycles. The Bertz CT molecular complexity index is 336. The van der Waals surface area contributed by atoms with Crippen LogP contribution >= 0.6 is 0 Å². The fourth-order valence-electron chi connectivity index (χ4n) is 1.96. The summed E-state index contributed by atoms with van der Waals surface area (Å²) in [5, 5.41) is 29.3. The fourth-order valence-corrected chi connectivity index (χ4v) is 1.96. The van der Waals surface area contributed by atoms with Crippen molar-refractivity contribution in [3.63, 3.8) is 0 Å². The number of aliphatic hydroxyl groups excluding tert-OH is 2. The Balaban J connectivity index is 2.93. The maximum absolute atomic E-state index is 11.3. The third kappa shape index (κ3) is 4.39. The lowest BCUT2D eigenvalue weighted by molar-refractivity contribution is -0.316. The van der Waals surface area contributed by atoms with Crippen LogP contribution in [0.4, 0.5) is 0 Å². The van der Waals surface area contributed by atoms with Gasteiger partial charge in [0, 0.05) is 0 Å². The van der Waals surface area contributed by atoms with Crippen LogP contribution in [0.15, 0.2) is 0 Å². The van der Waals surface area contributed by atoms with E-state index in [9.17, 15) is 20.1 Å². The number of ether oxygens (including phenoxy) is 3. The molecule has 0 saturated carbocycles. The number of carboxylic acid groups (broad SMARTS) is 1. The second-order valence-corrected chi connectivity index (χ2v) is 6.12. The summed E-state index contributed by atoms with van der Waals surface area (Å²) in [7, 11) is 0. The molecule has 1 saturated heterocycles. The molecule has 5 atom stereocenters. The molecule has 3 N–H and O–H groups in total. The monoisotopic (exact) mass is 292 g/mol. The molecule has 7 heteroatoms. The van der Waals surface area contributed by atoms with Gasteiger partial charge in [-0.1, -0.05) is 0 Å². The van der Waals surface area contributed by atoms with Gasteiger partial charge in [-0.25, -0.2) is 4.79 Å². The molecule has 0 spiro atoms. The van der Waals surface area contributed by atoms with E-state index in [1.807, 2.05) is 0 Å². The second-order valence-electron chi connectivity index (χ2n) is 6.12. The molecule has 1 aliphatic rings. The minimum atomic E-state index is -1.41. The quantitative estimate of drug-likeness (QED) is 0.676. The molecule has 0 bridgehead atoms. The molecule has 5 unspecified atom stereocenters. The van der Waals surface area contributed by atoms with Gasteiger partial charge in [0.1, 0.15) is 18.3 Å². The van der Waals surface area contributed by atoms with Gasteiger partial charge in [0.15, 0.2) is 12.4 Å². The van der Waals surface area contributed by atoms with Crippen LogP contribution in [0.5, 0.6) is 0 Å². The number of hydrogen-bond donors (Lipinski definition) is 3. The van der Waals surface area contributed by atoms with Crippen LogP contribution in [0.1, 0.15) is 34.6 Å². The molecular weight excluding hydrogens is 268 g/mol. The van der Waals surface area contributed by atoms with Gasteiger partial charge in [-0.15, -0.1) is 0 Å². The first-order valence-electron chi connectivity index (χ1n) is 6.60. The van der Waals surface area contributed by atoms with E-state index in [0.717, 1.165) is 0 Å². The zero-order chi connectivity index (χ0) is 15.7. The Morgan fingerprint density at radius 3 is 2.15 bits per heavy atom. The van der Waals surface area contributed by atoms with Crippen LogP contribution in [-0.2, 0) is 19.0 Å².